The van der Waals surface area contributed by atoms with Crippen LogP contribution in [0.15, 0.2) is 59.4 Å². The molecule has 0 saturated carbocycles. The summed E-state index contributed by atoms with van der Waals surface area (Å²) in [5.41, 5.74) is 3.99. The molecule has 0 unspecified atom stereocenters. The Morgan fingerprint density at radius 2 is 1.94 bits per heavy atom. The maximum atomic E-state index is 13.7. The molecular weight excluding hydrogens is 485 g/mol. The number of aryl methyl sites for hydroxylation is 2. The van der Waals surface area contributed by atoms with E-state index in [2.05, 4.69) is 5.32 Å². The number of hydrogen-bond donors (Lipinski definition) is 1. The normalized spacial score (nSPS) is 11.9. The highest BCUT2D eigenvalue weighted by Crippen LogP contribution is 2.41. The van der Waals surface area contributed by atoms with E-state index in [1.165, 1.54) is 27.6 Å². The Balaban J connectivity index is 1.60. The SMILES string of the molecule is COc1cccc2c1Oc1c(c(=O)n(-c3ccc(C)c(C)c3)n1CC(=O)Nc1ccc(F)c(Cl)c1)C2. The second kappa shape index (κ2) is 9.20. The fraction of sp³-hybridized carbons (Fsp3) is 0.185. The van der Waals surface area contributed by atoms with Gasteiger partial charge in [0.05, 0.1) is 23.4 Å². The lowest BCUT2D eigenvalue weighted by Crippen LogP contribution is -2.27. The minimum atomic E-state index is -0.585. The summed E-state index contributed by atoms with van der Waals surface area (Å²) < 4.78 is 28.2. The van der Waals surface area contributed by atoms with Crippen LogP contribution in [0.4, 0.5) is 10.1 Å². The number of hydrogen-bond acceptors (Lipinski definition) is 4. The van der Waals surface area contributed by atoms with Gasteiger partial charge in [-0.3, -0.25) is 9.59 Å². The number of anilines is 1. The predicted octanol–water partition coefficient (Wildman–Crippen LogP) is 5.39. The molecule has 2 heterocycles. The fourth-order valence-corrected chi connectivity index (χ4v) is 4.45. The maximum absolute atomic E-state index is 13.7. The van der Waals surface area contributed by atoms with Crippen molar-refractivity contribution in [3.63, 3.8) is 0 Å². The van der Waals surface area contributed by atoms with Crippen LogP contribution in [0.3, 0.4) is 0 Å². The highest BCUT2D eigenvalue weighted by molar-refractivity contribution is 6.31. The fourth-order valence-electron chi connectivity index (χ4n) is 4.27. The average Bonchev–Trinajstić information content (AvgIpc) is 3.11. The Bertz CT molecular complexity index is 1570. The molecular formula is C27H23ClFN3O4. The highest BCUT2D eigenvalue weighted by Gasteiger charge is 2.31. The molecule has 0 atom stereocenters. The van der Waals surface area contributed by atoms with Crippen LogP contribution in [0.25, 0.3) is 5.69 Å². The maximum Gasteiger partial charge on any atom is 0.278 e. The molecule has 0 fully saturated rings. The second-order valence-corrected chi connectivity index (χ2v) is 9.04. The van der Waals surface area contributed by atoms with Crippen molar-refractivity contribution in [3.05, 3.63) is 98.0 Å². The van der Waals surface area contributed by atoms with Gasteiger partial charge < -0.3 is 14.8 Å². The minimum Gasteiger partial charge on any atom is -0.493 e. The third-order valence-electron chi connectivity index (χ3n) is 6.26. The van der Waals surface area contributed by atoms with Gasteiger partial charge in [0.15, 0.2) is 11.5 Å². The number of amides is 1. The van der Waals surface area contributed by atoms with Gasteiger partial charge in [-0.05, 0) is 61.4 Å². The van der Waals surface area contributed by atoms with Crippen LogP contribution in [0.2, 0.25) is 5.02 Å². The van der Waals surface area contributed by atoms with Crippen molar-refractivity contribution in [1.82, 2.24) is 9.36 Å². The summed E-state index contributed by atoms with van der Waals surface area (Å²) in [5, 5.41) is 2.60. The van der Waals surface area contributed by atoms with Crippen LogP contribution < -0.4 is 20.3 Å². The van der Waals surface area contributed by atoms with Gasteiger partial charge >= 0.3 is 0 Å². The summed E-state index contributed by atoms with van der Waals surface area (Å²) in [6.45, 7) is 3.70. The van der Waals surface area contributed by atoms with Gasteiger partial charge in [-0.1, -0.05) is 29.8 Å². The standard InChI is InChI=1S/C27H23ClFN3O4/c1-15-7-9-19(11-16(15)2)32-26(34)20-12-17-5-4-6-23(35-3)25(17)36-27(20)31(32)14-24(33)30-18-8-10-22(29)21(28)13-18/h4-11,13H,12,14H2,1-3H3,(H,30,33). The third-order valence-corrected chi connectivity index (χ3v) is 6.55. The number of rotatable bonds is 5. The number of carbonyl (C=O) groups is 1. The van der Waals surface area contributed by atoms with Crippen molar-refractivity contribution in [2.75, 3.05) is 12.4 Å². The molecule has 184 valence electrons. The number of carbonyl (C=O) groups excluding carboxylic acids is 1. The molecule has 7 nitrogen and oxygen atoms in total. The lowest BCUT2D eigenvalue weighted by Gasteiger charge is -2.21. The summed E-state index contributed by atoms with van der Waals surface area (Å²) in [6, 6.07) is 15.1. The van der Waals surface area contributed by atoms with E-state index < -0.39 is 11.7 Å². The van der Waals surface area contributed by atoms with Crippen molar-refractivity contribution in [1.29, 1.82) is 0 Å². The van der Waals surface area contributed by atoms with Gasteiger partial charge in [0, 0.05) is 17.7 Å². The van der Waals surface area contributed by atoms with Gasteiger partial charge in [-0.25, -0.2) is 13.8 Å². The summed E-state index contributed by atoms with van der Waals surface area (Å²) in [5.74, 6) is 0.273. The zero-order valence-corrected chi connectivity index (χ0v) is 20.6. The number of fused-ring (bicyclic) bond motifs is 2. The zero-order valence-electron chi connectivity index (χ0n) is 19.9. The third kappa shape index (κ3) is 4.13. The van der Waals surface area contributed by atoms with Gasteiger partial charge in [0.25, 0.3) is 5.56 Å². The topological polar surface area (TPSA) is 74.5 Å². The molecule has 0 spiro atoms. The Labute approximate surface area is 211 Å². The molecule has 5 rings (SSSR count). The number of nitrogens with zero attached hydrogens (tertiary/aromatic N) is 2. The Kier molecular flexibility index (Phi) is 6.05. The number of ether oxygens (including phenoxy) is 2. The van der Waals surface area contributed by atoms with Crippen molar-refractivity contribution in [2.24, 2.45) is 0 Å². The summed E-state index contributed by atoms with van der Waals surface area (Å²) in [7, 11) is 1.54. The van der Waals surface area contributed by atoms with Gasteiger partial charge in [-0.2, -0.15) is 0 Å². The summed E-state index contributed by atoms with van der Waals surface area (Å²) >= 11 is 5.86. The van der Waals surface area contributed by atoms with Crippen LogP contribution in [0.1, 0.15) is 22.3 Å². The number of nitrogens with one attached hydrogen (secondary N) is 1. The molecule has 1 amide bonds. The second-order valence-electron chi connectivity index (χ2n) is 8.63. The lowest BCUT2D eigenvalue weighted by molar-refractivity contribution is -0.117. The Morgan fingerprint density at radius 1 is 1.14 bits per heavy atom. The number of aromatic nitrogens is 2. The monoisotopic (exact) mass is 507 g/mol. The van der Waals surface area contributed by atoms with Gasteiger partial charge in [-0.15, -0.1) is 0 Å². The van der Waals surface area contributed by atoms with E-state index in [0.29, 0.717) is 34.9 Å². The first-order valence-electron chi connectivity index (χ1n) is 11.3. The van der Waals surface area contributed by atoms with Crippen LogP contribution in [-0.4, -0.2) is 22.4 Å². The smallest absolute Gasteiger partial charge is 0.278 e. The molecule has 4 aromatic rings. The number of halogens is 2. The van der Waals surface area contributed by atoms with E-state index in [0.717, 1.165) is 16.7 Å². The number of benzene rings is 3. The number of methoxy groups -OCH3 is 1. The Morgan fingerprint density at radius 3 is 2.67 bits per heavy atom. The molecule has 9 heteroatoms. The highest BCUT2D eigenvalue weighted by atomic mass is 35.5. The number of para-hydroxylation sites is 1. The first kappa shape index (κ1) is 23.7. The molecule has 3 aromatic carbocycles. The minimum absolute atomic E-state index is 0.106. The van der Waals surface area contributed by atoms with Crippen molar-refractivity contribution >= 4 is 23.2 Å². The quantitative estimate of drug-likeness (QED) is 0.346. The molecule has 1 N–H and O–H groups in total. The van der Waals surface area contributed by atoms with Crippen molar-refractivity contribution < 1.29 is 18.7 Å². The Hall–Kier alpha value is -4.04. The molecule has 0 aliphatic carbocycles. The van der Waals surface area contributed by atoms with Gasteiger partial charge in [0.1, 0.15) is 12.4 Å². The molecule has 0 saturated heterocycles. The van der Waals surface area contributed by atoms with E-state index in [4.69, 9.17) is 21.1 Å². The van der Waals surface area contributed by atoms with Gasteiger partial charge in [0.2, 0.25) is 11.8 Å². The molecule has 1 aromatic heterocycles. The first-order valence-corrected chi connectivity index (χ1v) is 11.7. The molecule has 36 heavy (non-hydrogen) atoms. The van der Waals surface area contributed by atoms with E-state index in [-0.39, 0.29) is 23.0 Å². The van der Waals surface area contributed by atoms with Crippen LogP contribution in [-0.2, 0) is 17.8 Å². The first-order chi connectivity index (χ1) is 17.3. The molecule has 1 aliphatic rings. The molecule has 1 aliphatic heterocycles. The van der Waals surface area contributed by atoms with Crippen LogP contribution in [0, 0.1) is 19.7 Å². The van der Waals surface area contributed by atoms with Crippen LogP contribution in [0.5, 0.6) is 17.4 Å². The van der Waals surface area contributed by atoms with E-state index in [1.807, 2.05) is 44.2 Å². The lowest BCUT2D eigenvalue weighted by atomic mass is 10.0. The summed E-state index contributed by atoms with van der Waals surface area (Å²) in [6.07, 6.45) is 0.327. The summed E-state index contributed by atoms with van der Waals surface area (Å²) in [4.78, 5) is 26.7. The van der Waals surface area contributed by atoms with Crippen molar-refractivity contribution in [3.8, 4) is 23.1 Å². The van der Waals surface area contributed by atoms with Crippen molar-refractivity contribution in [2.45, 2.75) is 26.8 Å². The molecule has 0 bridgehead atoms. The largest absolute Gasteiger partial charge is 0.493 e. The zero-order chi connectivity index (χ0) is 25.6. The average molecular weight is 508 g/mol. The predicted molar refractivity (Wildman–Crippen MR) is 135 cm³/mol. The van der Waals surface area contributed by atoms with E-state index in [9.17, 15) is 14.0 Å². The van der Waals surface area contributed by atoms with Crippen LogP contribution >= 0.6 is 11.6 Å². The molecule has 0 radical (unpaired) electrons. The van der Waals surface area contributed by atoms with E-state index >= 15 is 0 Å². The van der Waals surface area contributed by atoms with E-state index in [1.54, 1.807) is 13.2 Å².